The van der Waals surface area contributed by atoms with E-state index in [2.05, 4.69) is 45.9 Å². The minimum Gasteiger partial charge on any atom is -0.0856 e. The lowest BCUT2D eigenvalue weighted by molar-refractivity contribution is 0.620. The molecule has 1 unspecified atom stereocenters. The highest BCUT2D eigenvalue weighted by Gasteiger charge is 2.13. The monoisotopic (exact) mass is 246 g/mol. The first-order chi connectivity index (χ1) is 8.58. The van der Waals surface area contributed by atoms with E-state index in [1.54, 1.807) is 11.1 Å². The Kier molecular flexibility index (Phi) is 7.08. The van der Waals surface area contributed by atoms with Crippen molar-refractivity contribution in [3.63, 3.8) is 0 Å². The Morgan fingerprint density at radius 2 is 1.89 bits per heavy atom. The molecular formula is C18H30. The fourth-order valence-electron chi connectivity index (χ4n) is 2.58. The van der Waals surface area contributed by atoms with Crippen molar-refractivity contribution < 1.29 is 0 Å². The summed E-state index contributed by atoms with van der Waals surface area (Å²) in [5.41, 5.74) is 4.69. The van der Waals surface area contributed by atoms with Gasteiger partial charge in [-0.25, -0.2) is 0 Å². The topological polar surface area (TPSA) is 0 Å². The molecule has 0 aromatic carbocycles. The maximum absolute atomic E-state index is 2.49. The van der Waals surface area contributed by atoms with Crippen molar-refractivity contribution >= 4 is 0 Å². The van der Waals surface area contributed by atoms with Gasteiger partial charge in [0.05, 0.1) is 0 Å². The van der Waals surface area contributed by atoms with Crippen LogP contribution in [0.3, 0.4) is 0 Å². The largest absolute Gasteiger partial charge is 0.0856 e. The number of hydrogen-bond donors (Lipinski definition) is 0. The normalized spacial score (nSPS) is 22.6. The average molecular weight is 246 g/mol. The van der Waals surface area contributed by atoms with Crippen LogP contribution in [0.15, 0.2) is 34.9 Å². The molecule has 1 saturated carbocycles. The molecule has 0 heteroatoms. The maximum Gasteiger partial charge on any atom is -0.0288 e. The van der Waals surface area contributed by atoms with E-state index in [-0.39, 0.29) is 0 Å². The summed E-state index contributed by atoms with van der Waals surface area (Å²) in [6, 6.07) is 0. The van der Waals surface area contributed by atoms with Crippen LogP contribution in [-0.4, -0.2) is 0 Å². The second kappa shape index (κ2) is 8.34. The number of hydrogen-bond acceptors (Lipinski definition) is 0. The zero-order valence-corrected chi connectivity index (χ0v) is 12.8. The number of unbranched alkanes of at least 4 members (excludes halogenated alkanes) is 1. The summed E-state index contributed by atoms with van der Waals surface area (Å²) < 4.78 is 0. The van der Waals surface area contributed by atoms with Crippen molar-refractivity contribution in [3.8, 4) is 0 Å². The van der Waals surface area contributed by atoms with E-state index in [1.807, 2.05) is 0 Å². The van der Waals surface area contributed by atoms with Crippen LogP contribution in [0.1, 0.15) is 72.6 Å². The molecule has 1 atom stereocenters. The molecule has 0 amide bonds. The second-order valence-electron chi connectivity index (χ2n) is 6.16. The van der Waals surface area contributed by atoms with Gasteiger partial charge in [-0.15, -0.1) is 0 Å². The molecule has 1 aliphatic carbocycles. The molecule has 102 valence electrons. The second-order valence-corrected chi connectivity index (χ2v) is 6.16. The standard InChI is InChI=1S/C18H30/c1-15(2)8-7-10-16(3)9-5-6-11-18-13-12-17(4)14-18/h8-9,11,17H,5-7,10,12-14H2,1-4H3. The van der Waals surface area contributed by atoms with E-state index in [0.717, 1.165) is 5.92 Å². The third-order valence-corrected chi connectivity index (χ3v) is 3.75. The molecule has 0 aromatic heterocycles. The predicted octanol–water partition coefficient (Wildman–Crippen LogP) is 6.21. The van der Waals surface area contributed by atoms with Gasteiger partial charge >= 0.3 is 0 Å². The summed E-state index contributed by atoms with van der Waals surface area (Å²) in [4.78, 5) is 0. The summed E-state index contributed by atoms with van der Waals surface area (Å²) in [5.74, 6) is 0.928. The van der Waals surface area contributed by atoms with Gasteiger partial charge in [-0.1, -0.05) is 41.9 Å². The summed E-state index contributed by atoms with van der Waals surface area (Å²) in [7, 11) is 0. The Labute approximate surface area is 114 Å². The lowest BCUT2D eigenvalue weighted by Gasteiger charge is -1.99. The first-order valence-corrected chi connectivity index (χ1v) is 7.55. The van der Waals surface area contributed by atoms with Crippen LogP contribution >= 0.6 is 0 Å². The van der Waals surface area contributed by atoms with Crippen LogP contribution in [0.2, 0.25) is 0 Å². The molecule has 0 aliphatic heterocycles. The van der Waals surface area contributed by atoms with Gasteiger partial charge in [0.15, 0.2) is 0 Å². The van der Waals surface area contributed by atoms with Crippen LogP contribution in [0.5, 0.6) is 0 Å². The Hall–Kier alpha value is -0.780. The Balaban J connectivity index is 2.17. The van der Waals surface area contributed by atoms with E-state index in [0.29, 0.717) is 0 Å². The summed E-state index contributed by atoms with van der Waals surface area (Å²) in [6.07, 6.45) is 16.2. The highest BCUT2D eigenvalue weighted by molar-refractivity contribution is 5.09. The van der Waals surface area contributed by atoms with Crippen LogP contribution in [-0.2, 0) is 0 Å². The van der Waals surface area contributed by atoms with E-state index in [1.165, 1.54) is 50.5 Å². The fourth-order valence-corrected chi connectivity index (χ4v) is 2.58. The van der Waals surface area contributed by atoms with Gasteiger partial charge in [-0.2, -0.15) is 0 Å². The van der Waals surface area contributed by atoms with Crippen molar-refractivity contribution in [1.29, 1.82) is 0 Å². The van der Waals surface area contributed by atoms with Gasteiger partial charge in [0, 0.05) is 0 Å². The van der Waals surface area contributed by atoms with Gasteiger partial charge in [-0.05, 0) is 71.6 Å². The Morgan fingerprint density at radius 3 is 2.50 bits per heavy atom. The zero-order chi connectivity index (χ0) is 13.4. The molecule has 18 heavy (non-hydrogen) atoms. The van der Waals surface area contributed by atoms with E-state index in [9.17, 15) is 0 Å². The number of allylic oxidation sites excluding steroid dienone is 6. The summed E-state index contributed by atoms with van der Waals surface area (Å²) in [6.45, 7) is 8.99. The Bertz CT molecular complexity index is 324. The number of rotatable bonds is 6. The zero-order valence-electron chi connectivity index (χ0n) is 12.8. The molecule has 0 spiro atoms. The van der Waals surface area contributed by atoms with Gasteiger partial charge in [0.2, 0.25) is 0 Å². The summed E-state index contributed by atoms with van der Waals surface area (Å²) >= 11 is 0. The molecule has 1 rings (SSSR count). The maximum atomic E-state index is 2.49. The average Bonchev–Trinajstić information content (AvgIpc) is 2.70. The molecule has 0 heterocycles. The summed E-state index contributed by atoms with van der Waals surface area (Å²) in [5, 5.41) is 0. The van der Waals surface area contributed by atoms with Crippen molar-refractivity contribution in [1.82, 2.24) is 0 Å². The predicted molar refractivity (Wildman–Crippen MR) is 82.8 cm³/mol. The third kappa shape index (κ3) is 6.83. The molecule has 0 N–H and O–H groups in total. The minimum atomic E-state index is 0.928. The molecule has 0 radical (unpaired) electrons. The molecule has 0 saturated heterocycles. The third-order valence-electron chi connectivity index (χ3n) is 3.75. The first kappa shape index (κ1) is 15.3. The molecule has 1 aliphatic rings. The van der Waals surface area contributed by atoms with Gasteiger partial charge < -0.3 is 0 Å². The van der Waals surface area contributed by atoms with Gasteiger partial charge in [-0.3, -0.25) is 0 Å². The van der Waals surface area contributed by atoms with E-state index >= 15 is 0 Å². The highest BCUT2D eigenvalue weighted by Crippen LogP contribution is 2.29. The van der Waals surface area contributed by atoms with Gasteiger partial charge in [0.25, 0.3) is 0 Å². The van der Waals surface area contributed by atoms with Gasteiger partial charge in [0.1, 0.15) is 0 Å². The van der Waals surface area contributed by atoms with E-state index < -0.39 is 0 Å². The molecule has 0 nitrogen and oxygen atoms in total. The quantitative estimate of drug-likeness (QED) is 0.386. The molecular weight excluding hydrogens is 216 g/mol. The highest BCUT2D eigenvalue weighted by atomic mass is 14.2. The van der Waals surface area contributed by atoms with Crippen molar-refractivity contribution in [2.75, 3.05) is 0 Å². The van der Waals surface area contributed by atoms with Crippen molar-refractivity contribution in [2.24, 2.45) is 5.92 Å². The lowest BCUT2D eigenvalue weighted by Crippen LogP contribution is -1.81. The smallest absolute Gasteiger partial charge is 0.0288 e. The van der Waals surface area contributed by atoms with Crippen LogP contribution < -0.4 is 0 Å². The Morgan fingerprint density at radius 1 is 1.11 bits per heavy atom. The SMILES string of the molecule is CC(C)=CCCC(C)=CCCC=C1CCC(C)C1. The first-order valence-electron chi connectivity index (χ1n) is 7.55. The lowest BCUT2D eigenvalue weighted by atomic mass is 10.1. The van der Waals surface area contributed by atoms with Crippen molar-refractivity contribution in [2.45, 2.75) is 72.6 Å². The van der Waals surface area contributed by atoms with Crippen LogP contribution in [0, 0.1) is 5.92 Å². The molecule has 0 aromatic rings. The molecule has 0 bridgehead atoms. The van der Waals surface area contributed by atoms with Crippen LogP contribution in [0.25, 0.3) is 0 Å². The fraction of sp³-hybridized carbons (Fsp3) is 0.667. The van der Waals surface area contributed by atoms with Crippen molar-refractivity contribution in [3.05, 3.63) is 34.9 Å². The molecule has 1 fully saturated rings. The van der Waals surface area contributed by atoms with Crippen LogP contribution in [0.4, 0.5) is 0 Å². The van der Waals surface area contributed by atoms with E-state index in [4.69, 9.17) is 0 Å². The minimum absolute atomic E-state index is 0.928.